The number of hydrogen-bond acceptors (Lipinski definition) is 4. The van der Waals surface area contributed by atoms with Gasteiger partial charge in [-0.3, -0.25) is 19.8 Å². The molecule has 1 heterocycles. The van der Waals surface area contributed by atoms with Gasteiger partial charge in [-0.1, -0.05) is 13.8 Å². The molecule has 1 aromatic carbocycles. The maximum Gasteiger partial charge on any atom is 0.269 e. The summed E-state index contributed by atoms with van der Waals surface area (Å²) in [6.07, 6.45) is 3.44. The first-order valence-electron chi connectivity index (χ1n) is 7.49. The van der Waals surface area contributed by atoms with Crippen LogP contribution in [0.2, 0.25) is 0 Å². The summed E-state index contributed by atoms with van der Waals surface area (Å²) >= 11 is 0. The maximum atomic E-state index is 12.3. The van der Waals surface area contributed by atoms with Crippen LogP contribution in [0, 0.1) is 15.5 Å². The third-order valence-electron chi connectivity index (χ3n) is 4.78. The molecule has 5 heteroatoms. The fraction of sp³-hybridized carbons (Fsp3) is 0.562. The summed E-state index contributed by atoms with van der Waals surface area (Å²) < 4.78 is 0. The molecule has 0 aliphatic carbocycles. The Morgan fingerprint density at radius 3 is 2.38 bits per heavy atom. The highest BCUT2D eigenvalue weighted by molar-refractivity contribution is 5.97. The van der Waals surface area contributed by atoms with Crippen molar-refractivity contribution in [1.82, 2.24) is 4.90 Å². The lowest BCUT2D eigenvalue weighted by molar-refractivity contribution is -0.384. The Hall–Kier alpha value is -1.75. The van der Waals surface area contributed by atoms with E-state index < -0.39 is 4.92 Å². The van der Waals surface area contributed by atoms with Crippen LogP contribution in [-0.4, -0.2) is 35.2 Å². The van der Waals surface area contributed by atoms with Crippen molar-refractivity contribution in [3.8, 4) is 0 Å². The highest BCUT2D eigenvalue weighted by Gasteiger charge is 2.35. The van der Waals surface area contributed by atoms with Gasteiger partial charge in [-0.25, -0.2) is 0 Å². The quantitative estimate of drug-likeness (QED) is 0.458. The number of ketones is 1. The average Bonchev–Trinajstić information content (AvgIpc) is 2.91. The molecule has 114 valence electrons. The largest absolute Gasteiger partial charge is 0.295 e. The van der Waals surface area contributed by atoms with Gasteiger partial charge in [0.05, 0.1) is 11.5 Å². The maximum absolute atomic E-state index is 12.3. The summed E-state index contributed by atoms with van der Waals surface area (Å²) in [4.78, 5) is 24.6. The monoisotopic (exact) mass is 290 g/mol. The van der Waals surface area contributed by atoms with Gasteiger partial charge in [0.1, 0.15) is 0 Å². The number of benzene rings is 1. The van der Waals surface area contributed by atoms with E-state index in [-0.39, 0.29) is 11.5 Å². The van der Waals surface area contributed by atoms with Gasteiger partial charge in [-0.15, -0.1) is 0 Å². The molecular formula is C16H22N2O3. The minimum absolute atomic E-state index is 0.0173. The second kappa shape index (κ2) is 6.35. The SMILES string of the molecule is CCC1(CC)CCN(CC(=O)c2ccc([N+](=O)[O-])cc2)C1. The zero-order chi connectivity index (χ0) is 15.5. The van der Waals surface area contributed by atoms with Crippen LogP contribution in [0.5, 0.6) is 0 Å². The highest BCUT2D eigenvalue weighted by Crippen LogP contribution is 2.36. The Kier molecular flexibility index (Phi) is 4.73. The van der Waals surface area contributed by atoms with E-state index in [4.69, 9.17) is 0 Å². The molecule has 0 amide bonds. The first-order valence-corrected chi connectivity index (χ1v) is 7.49. The molecule has 1 saturated heterocycles. The number of hydrogen-bond donors (Lipinski definition) is 0. The Labute approximate surface area is 125 Å². The number of Topliss-reactive ketones (excluding diaryl/α,β-unsaturated/α-hetero) is 1. The molecule has 0 radical (unpaired) electrons. The van der Waals surface area contributed by atoms with Crippen molar-refractivity contribution in [2.75, 3.05) is 19.6 Å². The van der Waals surface area contributed by atoms with E-state index in [1.165, 1.54) is 12.1 Å². The number of nitrogens with zero attached hydrogens (tertiary/aromatic N) is 2. The van der Waals surface area contributed by atoms with Crippen LogP contribution in [0.15, 0.2) is 24.3 Å². The van der Waals surface area contributed by atoms with Gasteiger partial charge in [0.25, 0.3) is 5.69 Å². The molecule has 0 unspecified atom stereocenters. The smallest absolute Gasteiger partial charge is 0.269 e. The van der Waals surface area contributed by atoms with Gasteiger partial charge >= 0.3 is 0 Å². The van der Waals surface area contributed by atoms with Crippen molar-refractivity contribution in [3.05, 3.63) is 39.9 Å². The first-order chi connectivity index (χ1) is 9.99. The Morgan fingerprint density at radius 2 is 1.90 bits per heavy atom. The second-order valence-electron chi connectivity index (χ2n) is 5.89. The molecule has 0 N–H and O–H groups in total. The zero-order valence-electron chi connectivity index (χ0n) is 12.7. The van der Waals surface area contributed by atoms with Crippen molar-refractivity contribution in [1.29, 1.82) is 0 Å². The summed E-state index contributed by atoms with van der Waals surface area (Å²) in [5.41, 5.74) is 0.922. The fourth-order valence-corrected chi connectivity index (χ4v) is 3.05. The van der Waals surface area contributed by atoms with Gasteiger partial charge in [0, 0.05) is 24.2 Å². The van der Waals surface area contributed by atoms with Gasteiger partial charge in [-0.2, -0.15) is 0 Å². The number of non-ortho nitro benzene ring substituents is 1. The molecular weight excluding hydrogens is 268 g/mol. The van der Waals surface area contributed by atoms with E-state index in [0.29, 0.717) is 17.5 Å². The van der Waals surface area contributed by atoms with Gasteiger partial charge in [0.15, 0.2) is 5.78 Å². The van der Waals surface area contributed by atoms with Crippen LogP contribution >= 0.6 is 0 Å². The average molecular weight is 290 g/mol. The highest BCUT2D eigenvalue weighted by atomic mass is 16.6. The molecule has 1 fully saturated rings. The Bertz CT molecular complexity index is 521. The van der Waals surface area contributed by atoms with Gasteiger partial charge < -0.3 is 0 Å². The van der Waals surface area contributed by atoms with Crippen molar-refractivity contribution in [3.63, 3.8) is 0 Å². The predicted molar refractivity (Wildman–Crippen MR) is 81.5 cm³/mol. The van der Waals surface area contributed by atoms with Crippen LogP contribution in [0.4, 0.5) is 5.69 Å². The minimum Gasteiger partial charge on any atom is -0.295 e. The van der Waals surface area contributed by atoms with Crippen LogP contribution in [0.25, 0.3) is 0 Å². The summed E-state index contributed by atoms with van der Waals surface area (Å²) in [5, 5.41) is 10.6. The number of carbonyl (C=O) groups excluding carboxylic acids is 1. The molecule has 1 aliphatic rings. The van der Waals surface area contributed by atoms with Crippen LogP contribution in [-0.2, 0) is 0 Å². The van der Waals surface area contributed by atoms with Crippen LogP contribution < -0.4 is 0 Å². The second-order valence-corrected chi connectivity index (χ2v) is 5.89. The van der Waals surface area contributed by atoms with Crippen LogP contribution in [0.1, 0.15) is 43.5 Å². The summed E-state index contributed by atoms with van der Waals surface area (Å²) in [5.74, 6) is 0.0351. The first kappa shape index (κ1) is 15.6. The molecule has 0 aromatic heterocycles. The summed E-state index contributed by atoms with van der Waals surface area (Å²) in [7, 11) is 0. The Morgan fingerprint density at radius 1 is 1.29 bits per heavy atom. The number of carbonyl (C=O) groups is 1. The van der Waals surface area contributed by atoms with E-state index in [2.05, 4.69) is 18.7 Å². The fourth-order valence-electron chi connectivity index (χ4n) is 3.05. The third-order valence-corrected chi connectivity index (χ3v) is 4.78. The Balaban J connectivity index is 1.97. The third kappa shape index (κ3) is 3.47. The van der Waals surface area contributed by atoms with E-state index in [1.807, 2.05) is 0 Å². The number of rotatable bonds is 6. The minimum atomic E-state index is -0.453. The number of nitro groups is 1. The van der Waals surface area contributed by atoms with Gasteiger partial charge in [-0.05, 0) is 43.4 Å². The van der Waals surface area contributed by atoms with Gasteiger partial charge in [0.2, 0.25) is 0 Å². The van der Waals surface area contributed by atoms with Crippen molar-refractivity contribution >= 4 is 11.5 Å². The lowest BCUT2D eigenvalue weighted by atomic mass is 9.82. The van der Waals surface area contributed by atoms with Crippen LogP contribution in [0.3, 0.4) is 0 Å². The predicted octanol–water partition coefficient (Wildman–Crippen LogP) is 3.29. The molecule has 5 nitrogen and oxygen atoms in total. The van der Waals surface area contributed by atoms with Crippen molar-refractivity contribution < 1.29 is 9.72 Å². The normalized spacial score (nSPS) is 17.8. The molecule has 21 heavy (non-hydrogen) atoms. The molecule has 0 saturated carbocycles. The summed E-state index contributed by atoms with van der Waals surface area (Å²) in [6.45, 7) is 6.76. The number of nitro benzene ring substituents is 1. The van der Waals surface area contributed by atoms with E-state index in [1.54, 1.807) is 12.1 Å². The van der Waals surface area contributed by atoms with E-state index in [9.17, 15) is 14.9 Å². The lowest BCUT2D eigenvalue weighted by Crippen LogP contribution is -2.30. The number of likely N-dealkylation sites (tertiary alicyclic amines) is 1. The summed E-state index contributed by atoms with van der Waals surface area (Å²) in [6, 6.07) is 5.87. The van der Waals surface area contributed by atoms with Crippen molar-refractivity contribution in [2.45, 2.75) is 33.1 Å². The molecule has 1 aliphatic heterocycles. The molecule has 0 bridgehead atoms. The van der Waals surface area contributed by atoms with E-state index in [0.717, 1.165) is 32.4 Å². The standard InChI is InChI=1S/C16H22N2O3/c1-3-16(4-2)9-10-17(12-16)11-15(19)13-5-7-14(8-6-13)18(20)21/h5-8H,3-4,9-12H2,1-2H3. The van der Waals surface area contributed by atoms with E-state index >= 15 is 0 Å². The molecule has 0 spiro atoms. The molecule has 0 atom stereocenters. The lowest BCUT2D eigenvalue weighted by Gasteiger charge is -2.26. The molecule has 2 rings (SSSR count). The topological polar surface area (TPSA) is 63.5 Å². The van der Waals surface area contributed by atoms with Crippen molar-refractivity contribution in [2.24, 2.45) is 5.41 Å². The zero-order valence-corrected chi connectivity index (χ0v) is 12.7. The molecule has 1 aromatic rings.